The number of nitrogens with two attached hydrogens (primary N) is 1. The number of hydrogen-bond donors (Lipinski definition) is 2. The van der Waals surface area contributed by atoms with Crippen LogP contribution in [0.1, 0.15) is 27.0 Å². The van der Waals surface area contributed by atoms with Gasteiger partial charge in [0.15, 0.2) is 0 Å². The summed E-state index contributed by atoms with van der Waals surface area (Å²) in [5, 5.41) is 3.62. The van der Waals surface area contributed by atoms with Crippen LogP contribution >= 0.6 is 11.3 Å². The van der Waals surface area contributed by atoms with Gasteiger partial charge in [0.25, 0.3) is 0 Å². The van der Waals surface area contributed by atoms with Gasteiger partial charge in [-0.05, 0) is 21.0 Å². The quantitative estimate of drug-likeness (QED) is 0.732. The van der Waals surface area contributed by atoms with Crippen molar-refractivity contribution < 1.29 is 19.1 Å². The van der Waals surface area contributed by atoms with Gasteiger partial charge in [-0.2, -0.15) is 0 Å². The van der Waals surface area contributed by atoms with E-state index in [0.29, 0.717) is 11.5 Å². The zero-order valence-electron chi connectivity index (χ0n) is 12.7. The molecule has 0 atom stereocenters. The number of methoxy groups -OCH3 is 1. The second kappa shape index (κ2) is 7.84. The Balaban J connectivity index is 3.06. The Labute approximate surface area is 128 Å². The summed E-state index contributed by atoms with van der Waals surface area (Å²) in [4.78, 5) is 25.9. The van der Waals surface area contributed by atoms with Crippen molar-refractivity contribution in [1.29, 1.82) is 0 Å². The molecule has 0 unspecified atom stereocenters. The Bertz CT molecular complexity index is 514. The molecule has 21 heavy (non-hydrogen) atoms. The first-order valence-corrected chi connectivity index (χ1v) is 7.30. The minimum Gasteiger partial charge on any atom is -0.465 e. The number of carbonyl (C=O) groups is 2. The highest BCUT2D eigenvalue weighted by atomic mass is 32.1. The predicted molar refractivity (Wildman–Crippen MR) is 83.1 cm³/mol. The normalized spacial score (nSPS) is 10.5. The highest BCUT2D eigenvalue weighted by Crippen LogP contribution is 2.36. The molecule has 1 rings (SSSR count). The van der Waals surface area contributed by atoms with E-state index >= 15 is 0 Å². The molecule has 0 spiro atoms. The molecule has 0 aliphatic carbocycles. The van der Waals surface area contributed by atoms with Crippen LogP contribution in [-0.2, 0) is 9.47 Å². The second-order valence-electron chi connectivity index (χ2n) is 4.49. The molecule has 1 heterocycles. The number of nitrogens with zero attached hydrogens (tertiary/aromatic N) is 1. The van der Waals surface area contributed by atoms with Crippen LogP contribution in [0.2, 0.25) is 0 Å². The van der Waals surface area contributed by atoms with E-state index in [1.165, 1.54) is 7.11 Å². The summed E-state index contributed by atoms with van der Waals surface area (Å²) >= 11 is 1.10. The van der Waals surface area contributed by atoms with Crippen LogP contribution in [0.3, 0.4) is 0 Å². The summed E-state index contributed by atoms with van der Waals surface area (Å²) in [5.41, 5.74) is 6.18. The Morgan fingerprint density at radius 2 is 2.00 bits per heavy atom. The summed E-state index contributed by atoms with van der Waals surface area (Å²) in [6.45, 7) is 3.33. The number of carbonyl (C=O) groups excluding carboxylic acids is 2. The number of nitrogen functional groups attached to an aromatic ring is 1. The molecule has 0 saturated heterocycles. The molecule has 0 aliphatic rings. The maximum Gasteiger partial charge on any atom is 0.350 e. The van der Waals surface area contributed by atoms with Crippen molar-refractivity contribution in [2.45, 2.75) is 6.92 Å². The van der Waals surface area contributed by atoms with Crippen LogP contribution in [0.15, 0.2) is 0 Å². The number of rotatable bonds is 7. The van der Waals surface area contributed by atoms with Gasteiger partial charge in [-0.1, -0.05) is 0 Å². The lowest BCUT2D eigenvalue weighted by Crippen LogP contribution is -2.21. The molecule has 8 heteroatoms. The minimum absolute atomic E-state index is 0.0950. The van der Waals surface area contributed by atoms with Gasteiger partial charge in [0.1, 0.15) is 15.4 Å². The van der Waals surface area contributed by atoms with Gasteiger partial charge in [0, 0.05) is 13.1 Å². The Morgan fingerprint density at radius 3 is 2.52 bits per heavy atom. The van der Waals surface area contributed by atoms with E-state index in [1.807, 2.05) is 19.0 Å². The van der Waals surface area contributed by atoms with Crippen molar-refractivity contribution in [1.82, 2.24) is 4.90 Å². The number of nitrogens with one attached hydrogen (secondary N) is 1. The van der Waals surface area contributed by atoms with Crippen molar-refractivity contribution in [2.75, 3.05) is 52.0 Å². The molecule has 118 valence electrons. The van der Waals surface area contributed by atoms with Crippen LogP contribution in [0.25, 0.3) is 0 Å². The van der Waals surface area contributed by atoms with Gasteiger partial charge >= 0.3 is 11.9 Å². The minimum atomic E-state index is -0.577. The molecule has 7 nitrogen and oxygen atoms in total. The van der Waals surface area contributed by atoms with E-state index in [0.717, 1.165) is 17.9 Å². The third kappa shape index (κ3) is 4.33. The Kier molecular flexibility index (Phi) is 6.44. The van der Waals surface area contributed by atoms with E-state index in [1.54, 1.807) is 6.92 Å². The first-order chi connectivity index (χ1) is 9.92. The lowest BCUT2D eigenvalue weighted by Gasteiger charge is -2.11. The topological polar surface area (TPSA) is 93.9 Å². The summed E-state index contributed by atoms with van der Waals surface area (Å²) < 4.78 is 9.66. The molecular formula is C13H21N3O4S. The summed E-state index contributed by atoms with van der Waals surface area (Å²) in [6, 6.07) is 0. The zero-order valence-corrected chi connectivity index (χ0v) is 13.5. The van der Waals surface area contributed by atoms with Crippen molar-refractivity contribution in [3.8, 4) is 0 Å². The van der Waals surface area contributed by atoms with Gasteiger partial charge in [-0.25, -0.2) is 9.59 Å². The zero-order chi connectivity index (χ0) is 16.0. The number of ether oxygens (including phenoxy) is 2. The van der Waals surface area contributed by atoms with Gasteiger partial charge in [0.2, 0.25) is 0 Å². The number of hydrogen-bond acceptors (Lipinski definition) is 8. The van der Waals surface area contributed by atoms with Crippen LogP contribution in [0.4, 0.5) is 10.7 Å². The lowest BCUT2D eigenvalue weighted by atomic mass is 10.2. The average molecular weight is 315 g/mol. The highest BCUT2D eigenvalue weighted by Gasteiger charge is 2.26. The fraction of sp³-hybridized carbons (Fsp3) is 0.538. The predicted octanol–water partition coefficient (Wildman–Crippen LogP) is 1.27. The Morgan fingerprint density at radius 1 is 1.33 bits per heavy atom. The number of likely N-dealkylation sites (N-methyl/N-ethyl adjacent to an activating group) is 1. The molecule has 0 bridgehead atoms. The highest BCUT2D eigenvalue weighted by molar-refractivity contribution is 7.19. The molecule has 0 radical (unpaired) electrons. The van der Waals surface area contributed by atoms with Crippen LogP contribution < -0.4 is 11.1 Å². The van der Waals surface area contributed by atoms with Gasteiger partial charge in [0.05, 0.1) is 19.4 Å². The summed E-state index contributed by atoms with van der Waals surface area (Å²) in [7, 11) is 5.15. The fourth-order valence-corrected chi connectivity index (χ4v) is 2.64. The van der Waals surface area contributed by atoms with Crippen molar-refractivity contribution in [2.24, 2.45) is 0 Å². The Hall–Kier alpha value is -1.80. The molecule has 1 aromatic rings. The molecule has 0 fully saturated rings. The third-order valence-corrected chi connectivity index (χ3v) is 3.78. The molecule has 0 aliphatic heterocycles. The first-order valence-electron chi connectivity index (χ1n) is 6.48. The largest absolute Gasteiger partial charge is 0.465 e. The standard InChI is InChI=1S/C13H21N3O4S/c1-5-20-13(18)10-9(14)8(12(17)19-4)11(21-10)15-6-7-16(2)3/h15H,5-7,14H2,1-4H3. The first kappa shape index (κ1) is 17.3. The monoisotopic (exact) mass is 315 g/mol. The van der Waals surface area contributed by atoms with Crippen LogP contribution in [0, 0.1) is 0 Å². The third-order valence-electron chi connectivity index (χ3n) is 2.64. The maximum atomic E-state index is 11.8. The van der Waals surface area contributed by atoms with E-state index < -0.39 is 11.9 Å². The molecular weight excluding hydrogens is 294 g/mol. The number of anilines is 2. The molecule has 0 saturated carbocycles. The lowest BCUT2D eigenvalue weighted by molar-refractivity contribution is 0.0533. The maximum absolute atomic E-state index is 11.8. The SMILES string of the molecule is CCOC(=O)c1sc(NCCN(C)C)c(C(=O)OC)c1N. The van der Waals surface area contributed by atoms with Crippen molar-refractivity contribution in [3.63, 3.8) is 0 Å². The van der Waals surface area contributed by atoms with Crippen molar-refractivity contribution >= 4 is 34.0 Å². The van der Waals surface area contributed by atoms with E-state index in [9.17, 15) is 9.59 Å². The van der Waals surface area contributed by atoms with Crippen molar-refractivity contribution in [3.05, 3.63) is 10.4 Å². The number of esters is 2. The van der Waals surface area contributed by atoms with E-state index in [2.05, 4.69) is 5.32 Å². The van der Waals surface area contributed by atoms with E-state index in [4.69, 9.17) is 15.2 Å². The second-order valence-corrected chi connectivity index (χ2v) is 5.51. The van der Waals surface area contributed by atoms with Gasteiger partial charge in [-0.15, -0.1) is 11.3 Å². The van der Waals surface area contributed by atoms with E-state index in [-0.39, 0.29) is 22.7 Å². The molecule has 0 amide bonds. The smallest absolute Gasteiger partial charge is 0.350 e. The van der Waals surface area contributed by atoms with Crippen LogP contribution in [0.5, 0.6) is 0 Å². The summed E-state index contributed by atoms with van der Waals surface area (Å²) in [6.07, 6.45) is 0. The number of thiophene rings is 1. The molecule has 3 N–H and O–H groups in total. The fourth-order valence-electron chi connectivity index (χ4n) is 1.61. The summed E-state index contributed by atoms with van der Waals surface area (Å²) in [5.74, 6) is -1.11. The van der Waals surface area contributed by atoms with Crippen LogP contribution in [-0.4, -0.2) is 57.7 Å². The molecule has 0 aromatic carbocycles. The van der Waals surface area contributed by atoms with Gasteiger partial charge < -0.3 is 25.4 Å². The van der Waals surface area contributed by atoms with Gasteiger partial charge in [-0.3, -0.25) is 0 Å². The average Bonchev–Trinajstić information content (AvgIpc) is 2.75. The molecule has 1 aromatic heterocycles.